The van der Waals surface area contributed by atoms with Gasteiger partial charge in [-0.15, -0.1) is 0 Å². The van der Waals surface area contributed by atoms with E-state index in [-0.39, 0.29) is 29.8 Å². The molecule has 198 valence electrons. The maximum Gasteiger partial charge on any atom is 0.244 e. The van der Waals surface area contributed by atoms with Crippen molar-refractivity contribution in [3.05, 3.63) is 53.1 Å². The van der Waals surface area contributed by atoms with Crippen LogP contribution in [-0.2, 0) is 26.2 Å². The lowest BCUT2D eigenvalue weighted by Crippen LogP contribution is -2.51. The van der Waals surface area contributed by atoms with Gasteiger partial charge >= 0.3 is 0 Å². The summed E-state index contributed by atoms with van der Waals surface area (Å²) in [5.41, 5.74) is 0.799. The van der Waals surface area contributed by atoms with Crippen LogP contribution in [0.3, 0.4) is 0 Å². The van der Waals surface area contributed by atoms with E-state index in [9.17, 15) is 18.0 Å². The molecule has 0 aromatic heterocycles. The van der Waals surface area contributed by atoms with Gasteiger partial charge in [0.15, 0.2) is 0 Å². The van der Waals surface area contributed by atoms with Gasteiger partial charge in [-0.2, -0.15) is 0 Å². The van der Waals surface area contributed by atoms with Gasteiger partial charge in [0.1, 0.15) is 24.1 Å². The van der Waals surface area contributed by atoms with E-state index < -0.39 is 28.5 Å². The third kappa shape index (κ3) is 7.76. The van der Waals surface area contributed by atoms with Crippen molar-refractivity contribution in [2.45, 2.75) is 33.4 Å². The molecule has 0 saturated heterocycles. The smallest absolute Gasteiger partial charge is 0.244 e. The zero-order chi connectivity index (χ0) is 27.0. The van der Waals surface area contributed by atoms with Crippen LogP contribution in [0.15, 0.2) is 42.5 Å². The Morgan fingerprint density at radius 1 is 1.06 bits per heavy atom. The number of hydrogen-bond donors (Lipinski definition) is 1. The van der Waals surface area contributed by atoms with Crippen molar-refractivity contribution in [3.8, 4) is 11.5 Å². The lowest BCUT2D eigenvalue weighted by atomic mass is 10.1. The van der Waals surface area contributed by atoms with E-state index in [2.05, 4.69) is 5.32 Å². The third-order valence-electron chi connectivity index (χ3n) is 5.49. The summed E-state index contributed by atoms with van der Waals surface area (Å²) >= 11 is 6.33. The number of sulfonamides is 1. The predicted molar refractivity (Wildman–Crippen MR) is 141 cm³/mol. The fourth-order valence-electron chi connectivity index (χ4n) is 3.43. The number of nitrogens with zero attached hydrogens (tertiary/aromatic N) is 2. The van der Waals surface area contributed by atoms with E-state index in [1.807, 2.05) is 13.8 Å². The summed E-state index contributed by atoms with van der Waals surface area (Å²) < 4.78 is 37.1. The first kappa shape index (κ1) is 29.3. The number of hydrogen-bond acceptors (Lipinski definition) is 6. The molecule has 36 heavy (non-hydrogen) atoms. The average molecular weight is 540 g/mol. The molecule has 0 heterocycles. The SMILES string of the molecule is COc1ccc(N(CC(=O)N(Cc2ccccc2Cl)[C@@H](C)C(=O)NCC(C)C)S(C)(=O)=O)c(OC)c1. The molecule has 0 aliphatic heterocycles. The molecule has 11 heteroatoms. The van der Waals surface area contributed by atoms with Crippen LogP contribution in [0.4, 0.5) is 5.69 Å². The second-order valence-corrected chi connectivity index (χ2v) is 11.0. The second kappa shape index (κ2) is 12.8. The fraction of sp³-hybridized carbons (Fsp3) is 0.440. The number of anilines is 1. The number of carbonyl (C=O) groups excluding carboxylic acids is 2. The van der Waals surface area contributed by atoms with Crippen LogP contribution in [0, 0.1) is 5.92 Å². The van der Waals surface area contributed by atoms with Gasteiger partial charge in [-0.3, -0.25) is 13.9 Å². The highest BCUT2D eigenvalue weighted by atomic mass is 35.5. The summed E-state index contributed by atoms with van der Waals surface area (Å²) in [6.07, 6.45) is 1.00. The summed E-state index contributed by atoms with van der Waals surface area (Å²) in [6.45, 7) is 5.44. The minimum absolute atomic E-state index is 0.0200. The van der Waals surface area contributed by atoms with Gasteiger partial charge in [-0.05, 0) is 36.6 Å². The zero-order valence-electron chi connectivity index (χ0n) is 21.4. The highest BCUT2D eigenvalue weighted by molar-refractivity contribution is 7.92. The monoisotopic (exact) mass is 539 g/mol. The third-order valence-corrected chi connectivity index (χ3v) is 6.98. The second-order valence-electron chi connectivity index (χ2n) is 8.74. The van der Waals surface area contributed by atoms with Crippen LogP contribution >= 0.6 is 11.6 Å². The zero-order valence-corrected chi connectivity index (χ0v) is 23.0. The van der Waals surface area contributed by atoms with Gasteiger partial charge in [0, 0.05) is 24.2 Å². The van der Waals surface area contributed by atoms with E-state index in [1.54, 1.807) is 37.3 Å². The largest absolute Gasteiger partial charge is 0.497 e. The van der Waals surface area contributed by atoms with Crippen molar-refractivity contribution in [1.29, 1.82) is 0 Å². The summed E-state index contributed by atoms with van der Waals surface area (Å²) in [5, 5.41) is 3.26. The van der Waals surface area contributed by atoms with Crippen molar-refractivity contribution >= 4 is 39.1 Å². The maximum atomic E-state index is 13.6. The molecule has 0 radical (unpaired) electrons. The summed E-state index contributed by atoms with van der Waals surface area (Å²) in [4.78, 5) is 27.8. The Morgan fingerprint density at radius 2 is 1.72 bits per heavy atom. The number of benzene rings is 2. The van der Waals surface area contributed by atoms with Gasteiger partial charge in [0.25, 0.3) is 0 Å². The lowest BCUT2D eigenvalue weighted by Gasteiger charge is -2.32. The van der Waals surface area contributed by atoms with Crippen molar-refractivity contribution in [3.63, 3.8) is 0 Å². The molecular formula is C25H34ClN3O6S. The minimum Gasteiger partial charge on any atom is -0.497 e. The first-order chi connectivity index (χ1) is 16.9. The molecule has 2 aromatic carbocycles. The molecule has 0 spiro atoms. The number of carbonyl (C=O) groups is 2. The molecule has 9 nitrogen and oxygen atoms in total. The topological polar surface area (TPSA) is 105 Å². The van der Waals surface area contributed by atoms with E-state index in [0.717, 1.165) is 10.6 Å². The van der Waals surface area contributed by atoms with Crippen molar-refractivity contribution in [1.82, 2.24) is 10.2 Å². The van der Waals surface area contributed by atoms with Gasteiger partial charge in [0.05, 0.1) is 26.2 Å². The average Bonchev–Trinajstić information content (AvgIpc) is 2.83. The molecule has 0 bridgehead atoms. The molecule has 0 saturated carbocycles. The standard InChI is InChI=1S/C25H34ClN3O6S/c1-17(2)14-27-25(31)18(3)28(15-19-9-7-8-10-21(19)26)24(30)16-29(36(6,32)33)22-12-11-20(34-4)13-23(22)35-5/h7-13,17-18H,14-16H2,1-6H3,(H,27,31)/t18-/m0/s1. The minimum atomic E-state index is -3.91. The molecule has 0 aliphatic carbocycles. The molecule has 0 aliphatic rings. The maximum absolute atomic E-state index is 13.6. The molecule has 1 atom stereocenters. The Labute approximate surface area is 218 Å². The number of halogens is 1. The summed E-state index contributed by atoms with van der Waals surface area (Å²) in [7, 11) is -1.04. The van der Waals surface area contributed by atoms with E-state index in [1.165, 1.54) is 31.3 Å². The van der Waals surface area contributed by atoms with Gasteiger partial charge < -0.3 is 19.7 Å². The van der Waals surface area contributed by atoms with Crippen LogP contribution in [-0.4, -0.2) is 64.7 Å². The molecule has 1 N–H and O–H groups in total. The Bertz CT molecular complexity index is 1170. The molecular weight excluding hydrogens is 506 g/mol. The van der Waals surface area contributed by atoms with Gasteiger partial charge in [0.2, 0.25) is 21.8 Å². The quantitative estimate of drug-likeness (QED) is 0.443. The highest BCUT2D eigenvalue weighted by Gasteiger charge is 2.31. The van der Waals surface area contributed by atoms with Gasteiger partial charge in [-0.25, -0.2) is 8.42 Å². The van der Waals surface area contributed by atoms with Gasteiger partial charge in [-0.1, -0.05) is 43.6 Å². The van der Waals surface area contributed by atoms with E-state index in [4.69, 9.17) is 21.1 Å². The molecule has 0 unspecified atom stereocenters. The number of methoxy groups -OCH3 is 2. The molecule has 2 aromatic rings. The molecule has 2 rings (SSSR count). The van der Waals surface area contributed by atoms with Crippen LogP contribution in [0.1, 0.15) is 26.3 Å². The lowest BCUT2D eigenvalue weighted by molar-refractivity contribution is -0.139. The van der Waals surface area contributed by atoms with E-state index in [0.29, 0.717) is 22.9 Å². The Balaban J connectivity index is 2.45. The van der Waals surface area contributed by atoms with Crippen LogP contribution in [0.25, 0.3) is 0 Å². The Kier molecular flexibility index (Phi) is 10.4. The van der Waals surface area contributed by atoms with Crippen molar-refractivity contribution < 1.29 is 27.5 Å². The number of amides is 2. The highest BCUT2D eigenvalue weighted by Crippen LogP contribution is 2.33. The van der Waals surface area contributed by atoms with Crippen molar-refractivity contribution in [2.24, 2.45) is 5.92 Å². The first-order valence-electron chi connectivity index (χ1n) is 11.4. The number of rotatable bonds is 12. The normalized spacial score (nSPS) is 12.1. The summed E-state index contributed by atoms with van der Waals surface area (Å²) in [5.74, 6) is -0.0290. The van der Waals surface area contributed by atoms with Crippen molar-refractivity contribution in [2.75, 3.05) is 37.9 Å². The number of nitrogens with one attached hydrogen (secondary N) is 1. The number of ether oxygens (including phenoxy) is 2. The molecule has 0 fully saturated rings. The van der Waals surface area contributed by atoms with Crippen LogP contribution < -0.4 is 19.1 Å². The van der Waals surface area contributed by atoms with Crippen LogP contribution in [0.5, 0.6) is 11.5 Å². The molecule has 2 amide bonds. The first-order valence-corrected chi connectivity index (χ1v) is 13.6. The summed E-state index contributed by atoms with van der Waals surface area (Å²) in [6, 6.07) is 10.7. The predicted octanol–water partition coefficient (Wildman–Crippen LogP) is 3.31. The Hall–Kier alpha value is -2.98. The fourth-order valence-corrected chi connectivity index (χ4v) is 4.48. The van der Waals surface area contributed by atoms with Crippen LogP contribution in [0.2, 0.25) is 5.02 Å². The van der Waals surface area contributed by atoms with E-state index >= 15 is 0 Å². The Morgan fingerprint density at radius 3 is 2.28 bits per heavy atom.